The zero-order valence-corrected chi connectivity index (χ0v) is 12.8. The number of aromatic amines is 1. The van der Waals surface area contributed by atoms with E-state index >= 15 is 0 Å². The largest absolute Gasteiger partial charge is 0.357 e. The first-order valence-corrected chi connectivity index (χ1v) is 8.28. The maximum atomic E-state index is 4.09. The van der Waals surface area contributed by atoms with Gasteiger partial charge in [-0.15, -0.1) is 6.58 Å². The topological polar surface area (TPSA) is 19.0 Å². The van der Waals surface area contributed by atoms with Crippen LogP contribution in [0, 0.1) is 11.8 Å². The summed E-state index contributed by atoms with van der Waals surface area (Å²) in [5.41, 5.74) is 4.34. The number of H-pyrrole nitrogens is 1. The van der Waals surface area contributed by atoms with E-state index < -0.39 is 0 Å². The van der Waals surface area contributed by atoms with Crippen molar-refractivity contribution in [1.29, 1.82) is 0 Å². The number of hydrogen-bond acceptors (Lipinski definition) is 1. The van der Waals surface area contributed by atoms with E-state index in [0.717, 1.165) is 5.92 Å². The summed E-state index contributed by atoms with van der Waals surface area (Å²) >= 11 is 0. The molecule has 2 aliphatic heterocycles. The molecule has 0 amide bonds. The molecular weight excluding hydrogens is 256 g/mol. The summed E-state index contributed by atoms with van der Waals surface area (Å²) in [6.07, 6.45) is 5.87. The second-order valence-corrected chi connectivity index (χ2v) is 6.63. The summed E-state index contributed by atoms with van der Waals surface area (Å²) < 4.78 is 0. The van der Waals surface area contributed by atoms with E-state index in [-0.39, 0.29) is 0 Å². The van der Waals surface area contributed by atoms with Crippen molar-refractivity contribution >= 4 is 10.9 Å². The predicted octanol–water partition coefficient (Wildman–Crippen LogP) is 4.30. The highest BCUT2D eigenvalue weighted by molar-refractivity contribution is 5.85. The molecule has 1 aromatic carbocycles. The SMILES string of the molecule is C=C[C@H]1C[C@H]2c3[nH]c4ccccc4c3CCN2C[C@@H]1CC. The Balaban J connectivity index is 1.76. The van der Waals surface area contributed by atoms with Crippen LogP contribution in [-0.2, 0) is 6.42 Å². The number of piperidine rings is 1. The fourth-order valence-electron chi connectivity index (χ4n) is 4.46. The summed E-state index contributed by atoms with van der Waals surface area (Å²) in [6.45, 7) is 8.85. The minimum Gasteiger partial charge on any atom is -0.357 e. The molecule has 2 aromatic rings. The Bertz CT molecular complexity index is 669. The Kier molecular flexibility index (Phi) is 3.15. The van der Waals surface area contributed by atoms with Crippen molar-refractivity contribution < 1.29 is 0 Å². The lowest BCUT2D eigenvalue weighted by Gasteiger charge is -2.45. The molecule has 1 saturated heterocycles. The van der Waals surface area contributed by atoms with E-state index in [4.69, 9.17) is 0 Å². The van der Waals surface area contributed by atoms with Crippen molar-refractivity contribution in [3.8, 4) is 0 Å². The standard InChI is InChI=1S/C19H24N2/c1-3-13-11-18-19-16(9-10-21(18)12-14(13)4-2)15-7-5-6-8-17(15)20-19/h3,5-8,13-14,18,20H,1,4,9-12H2,2H3/t13-,14-,18-/m0/s1. The first-order chi connectivity index (χ1) is 10.3. The van der Waals surface area contributed by atoms with Crippen LogP contribution in [0.3, 0.4) is 0 Å². The molecule has 1 N–H and O–H groups in total. The summed E-state index contributed by atoms with van der Waals surface area (Å²) in [6, 6.07) is 9.32. The zero-order chi connectivity index (χ0) is 14.4. The summed E-state index contributed by atoms with van der Waals surface area (Å²) in [4.78, 5) is 6.42. The number of nitrogens with one attached hydrogen (secondary N) is 1. The van der Waals surface area contributed by atoms with Gasteiger partial charge in [0.15, 0.2) is 0 Å². The first kappa shape index (κ1) is 13.1. The first-order valence-electron chi connectivity index (χ1n) is 8.28. The molecule has 21 heavy (non-hydrogen) atoms. The lowest BCUT2D eigenvalue weighted by molar-refractivity contribution is 0.0679. The van der Waals surface area contributed by atoms with Crippen molar-refractivity contribution in [1.82, 2.24) is 9.88 Å². The van der Waals surface area contributed by atoms with Crippen LogP contribution in [0.5, 0.6) is 0 Å². The van der Waals surface area contributed by atoms with E-state index in [1.807, 2.05) is 0 Å². The van der Waals surface area contributed by atoms with E-state index in [1.54, 1.807) is 5.56 Å². The van der Waals surface area contributed by atoms with Gasteiger partial charge in [-0.25, -0.2) is 0 Å². The molecule has 0 aliphatic carbocycles. The highest BCUT2D eigenvalue weighted by Gasteiger charge is 2.38. The van der Waals surface area contributed by atoms with Gasteiger partial charge in [0.1, 0.15) is 0 Å². The molecule has 0 unspecified atom stereocenters. The molecule has 3 heterocycles. The van der Waals surface area contributed by atoms with Gasteiger partial charge in [-0.1, -0.05) is 37.6 Å². The Labute approximate surface area is 126 Å². The Morgan fingerprint density at radius 1 is 1.38 bits per heavy atom. The Hall–Kier alpha value is -1.54. The van der Waals surface area contributed by atoms with E-state index in [2.05, 4.69) is 53.7 Å². The fraction of sp³-hybridized carbons (Fsp3) is 0.474. The number of para-hydroxylation sites is 1. The molecule has 2 heteroatoms. The van der Waals surface area contributed by atoms with Crippen LogP contribution in [0.4, 0.5) is 0 Å². The van der Waals surface area contributed by atoms with Gasteiger partial charge < -0.3 is 4.98 Å². The molecule has 0 spiro atoms. The lowest BCUT2D eigenvalue weighted by atomic mass is 9.77. The van der Waals surface area contributed by atoms with Crippen LogP contribution < -0.4 is 0 Å². The quantitative estimate of drug-likeness (QED) is 0.813. The third-order valence-corrected chi connectivity index (χ3v) is 5.67. The monoisotopic (exact) mass is 280 g/mol. The number of rotatable bonds is 2. The molecule has 110 valence electrons. The average Bonchev–Trinajstić information content (AvgIpc) is 2.92. The highest BCUT2D eigenvalue weighted by Crippen LogP contribution is 2.43. The summed E-state index contributed by atoms with van der Waals surface area (Å²) in [7, 11) is 0. The average molecular weight is 280 g/mol. The van der Waals surface area contributed by atoms with Crippen molar-refractivity contribution in [2.45, 2.75) is 32.2 Å². The van der Waals surface area contributed by atoms with Crippen LogP contribution in [0.15, 0.2) is 36.9 Å². The second kappa shape index (κ2) is 5.03. The summed E-state index contributed by atoms with van der Waals surface area (Å²) in [5.74, 6) is 1.44. The molecular formula is C19H24N2. The molecule has 0 saturated carbocycles. The zero-order valence-electron chi connectivity index (χ0n) is 12.8. The molecule has 1 fully saturated rings. The van der Waals surface area contributed by atoms with E-state index in [0.29, 0.717) is 12.0 Å². The number of hydrogen-bond donors (Lipinski definition) is 1. The molecule has 4 rings (SSSR count). The maximum absolute atomic E-state index is 4.09. The summed E-state index contributed by atoms with van der Waals surface area (Å²) in [5, 5.41) is 1.43. The molecule has 1 aromatic heterocycles. The third-order valence-electron chi connectivity index (χ3n) is 5.67. The van der Waals surface area contributed by atoms with Crippen molar-refractivity contribution in [3.63, 3.8) is 0 Å². The van der Waals surface area contributed by atoms with Gasteiger partial charge in [0.25, 0.3) is 0 Å². The van der Waals surface area contributed by atoms with Crippen molar-refractivity contribution in [2.24, 2.45) is 11.8 Å². The van der Waals surface area contributed by atoms with E-state index in [9.17, 15) is 0 Å². The number of nitrogens with zero attached hydrogens (tertiary/aromatic N) is 1. The van der Waals surface area contributed by atoms with Gasteiger partial charge in [0, 0.05) is 29.7 Å². The minimum absolute atomic E-state index is 0.562. The van der Waals surface area contributed by atoms with Crippen LogP contribution in [-0.4, -0.2) is 23.0 Å². The van der Waals surface area contributed by atoms with Crippen LogP contribution in [0.25, 0.3) is 10.9 Å². The van der Waals surface area contributed by atoms with Gasteiger partial charge in [-0.2, -0.15) is 0 Å². The smallest absolute Gasteiger partial charge is 0.0507 e. The predicted molar refractivity (Wildman–Crippen MR) is 88.4 cm³/mol. The van der Waals surface area contributed by atoms with Gasteiger partial charge in [0.2, 0.25) is 0 Å². The van der Waals surface area contributed by atoms with Gasteiger partial charge in [0.05, 0.1) is 6.04 Å². The molecule has 0 radical (unpaired) electrons. The molecule has 3 atom stereocenters. The normalized spacial score (nSPS) is 29.1. The second-order valence-electron chi connectivity index (χ2n) is 6.63. The maximum Gasteiger partial charge on any atom is 0.0507 e. The molecule has 2 aliphatic rings. The van der Waals surface area contributed by atoms with Crippen LogP contribution >= 0.6 is 0 Å². The Morgan fingerprint density at radius 2 is 2.24 bits per heavy atom. The van der Waals surface area contributed by atoms with Gasteiger partial charge in [-0.3, -0.25) is 4.90 Å². The van der Waals surface area contributed by atoms with Crippen molar-refractivity contribution in [3.05, 3.63) is 48.2 Å². The lowest BCUT2D eigenvalue weighted by Crippen LogP contribution is -2.45. The number of aromatic nitrogens is 1. The van der Waals surface area contributed by atoms with Gasteiger partial charge in [-0.05, 0) is 36.3 Å². The highest BCUT2D eigenvalue weighted by atomic mass is 15.2. The van der Waals surface area contributed by atoms with Crippen LogP contribution in [0.1, 0.15) is 37.1 Å². The third kappa shape index (κ3) is 1.96. The van der Waals surface area contributed by atoms with Gasteiger partial charge >= 0.3 is 0 Å². The number of fused-ring (bicyclic) bond motifs is 5. The Morgan fingerprint density at radius 3 is 3.05 bits per heavy atom. The number of benzene rings is 1. The van der Waals surface area contributed by atoms with E-state index in [1.165, 1.54) is 48.9 Å². The van der Waals surface area contributed by atoms with Crippen molar-refractivity contribution in [2.75, 3.05) is 13.1 Å². The fourth-order valence-corrected chi connectivity index (χ4v) is 4.46. The minimum atomic E-state index is 0.562. The number of allylic oxidation sites excluding steroid dienone is 1. The molecule has 2 nitrogen and oxygen atoms in total. The van der Waals surface area contributed by atoms with Crippen LogP contribution in [0.2, 0.25) is 0 Å². The molecule has 0 bridgehead atoms.